The summed E-state index contributed by atoms with van der Waals surface area (Å²) in [7, 11) is 3.31. The highest BCUT2D eigenvalue weighted by molar-refractivity contribution is 9.10. The number of hydrogen-bond donors (Lipinski definition) is 1. The Morgan fingerprint density at radius 1 is 1.25 bits per heavy atom. The molecule has 0 radical (unpaired) electrons. The summed E-state index contributed by atoms with van der Waals surface area (Å²) in [4.78, 5) is 2.41. The number of ether oxygens (including phenoxy) is 2. The number of likely N-dealkylation sites (tertiary alicyclic amines) is 1. The molecule has 1 aliphatic heterocycles. The van der Waals surface area contributed by atoms with E-state index in [2.05, 4.69) is 27.8 Å². The van der Waals surface area contributed by atoms with Crippen LogP contribution in [0.4, 0.5) is 0 Å². The fourth-order valence-electron chi connectivity index (χ4n) is 2.90. The molecule has 4 nitrogen and oxygen atoms in total. The van der Waals surface area contributed by atoms with Crippen molar-refractivity contribution in [1.29, 1.82) is 0 Å². The lowest BCUT2D eigenvalue weighted by molar-refractivity contribution is 0.158. The van der Waals surface area contributed by atoms with Crippen molar-refractivity contribution in [3.8, 4) is 11.5 Å². The van der Waals surface area contributed by atoms with Crippen molar-refractivity contribution in [3.05, 3.63) is 22.2 Å². The van der Waals surface area contributed by atoms with Gasteiger partial charge in [-0.25, -0.2) is 0 Å². The van der Waals surface area contributed by atoms with Crippen molar-refractivity contribution in [3.63, 3.8) is 0 Å². The molecule has 0 bridgehead atoms. The minimum Gasteiger partial charge on any atom is -0.493 e. The smallest absolute Gasteiger partial charge is 0.161 e. The Hall–Kier alpha value is -0.780. The van der Waals surface area contributed by atoms with Crippen LogP contribution in [0.2, 0.25) is 0 Å². The Morgan fingerprint density at radius 2 is 1.90 bits per heavy atom. The molecule has 2 unspecified atom stereocenters. The van der Waals surface area contributed by atoms with Gasteiger partial charge in [0.25, 0.3) is 0 Å². The summed E-state index contributed by atoms with van der Waals surface area (Å²) in [5.41, 5.74) is 7.31. The standard InChI is InChI=1S/C15H23BrN2O2/c1-10-4-12(17)9-18(7-10)8-11-5-14(19-2)15(20-3)6-13(11)16/h5-6,10,12H,4,7-9,17H2,1-3H3. The molecule has 1 aromatic carbocycles. The molecule has 0 saturated carbocycles. The number of nitrogens with zero attached hydrogens (tertiary/aromatic N) is 1. The Labute approximate surface area is 129 Å². The molecule has 0 aromatic heterocycles. The highest BCUT2D eigenvalue weighted by atomic mass is 79.9. The van der Waals surface area contributed by atoms with Crippen LogP contribution in [0.5, 0.6) is 11.5 Å². The molecule has 1 heterocycles. The lowest BCUT2D eigenvalue weighted by atomic mass is 9.96. The number of rotatable bonds is 4. The number of methoxy groups -OCH3 is 2. The molecule has 5 heteroatoms. The van der Waals surface area contributed by atoms with Gasteiger partial charge in [-0.15, -0.1) is 0 Å². The van der Waals surface area contributed by atoms with E-state index in [4.69, 9.17) is 15.2 Å². The average molecular weight is 343 g/mol. The summed E-state index contributed by atoms with van der Waals surface area (Å²) in [6.45, 7) is 5.17. The van der Waals surface area contributed by atoms with Crippen LogP contribution in [0.3, 0.4) is 0 Å². The monoisotopic (exact) mass is 342 g/mol. The van der Waals surface area contributed by atoms with E-state index in [1.165, 1.54) is 5.56 Å². The van der Waals surface area contributed by atoms with E-state index < -0.39 is 0 Å². The quantitative estimate of drug-likeness (QED) is 0.913. The van der Waals surface area contributed by atoms with Gasteiger partial charge < -0.3 is 15.2 Å². The molecular weight excluding hydrogens is 320 g/mol. The summed E-state index contributed by atoms with van der Waals surface area (Å²) in [5, 5.41) is 0. The summed E-state index contributed by atoms with van der Waals surface area (Å²) in [6, 6.07) is 4.27. The Morgan fingerprint density at radius 3 is 2.50 bits per heavy atom. The highest BCUT2D eigenvalue weighted by Gasteiger charge is 2.23. The van der Waals surface area contributed by atoms with Crippen LogP contribution in [0, 0.1) is 5.92 Å². The fourth-order valence-corrected chi connectivity index (χ4v) is 3.35. The molecule has 0 aliphatic carbocycles. The zero-order valence-electron chi connectivity index (χ0n) is 12.4. The first-order chi connectivity index (χ1) is 9.53. The molecule has 0 spiro atoms. The van der Waals surface area contributed by atoms with Gasteiger partial charge in [0, 0.05) is 30.1 Å². The first-order valence-corrected chi connectivity index (χ1v) is 7.71. The summed E-state index contributed by atoms with van der Waals surface area (Å²) < 4.78 is 11.7. The Bertz CT molecular complexity index is 457. The molecule has 0 amide bonds. The number of piperidine rings is 1. The molecule has 2 atom stereocenters. The molecule has 1 aromatic rings. The van der Waals surface area contributed by atoms with Crippen LogP contribution < -0.4 is 15.2 Å². The molecule has 1 aliphatic rings. The van der Waals surface area contributed by atoms with Crippen molar-refractivity contribution >= 4 is 15.9 Å². The minimum atomic E-state index is 0.276. The van der Waals surface area contributed by atoms with Gasteiger partial charge in [0.05, 0.1) is 14.2 Å². The van der Waals surface area contributed by atoms with Crippen LogP contribution in [0.15, 0.2) is 16.6 Å². The summed E-state index contributed by atoms with van der Waals surface area (Å²) in [6.07, 6.45) is 1.11. The Kier molecular flexibility index (Phi) is 5.29. The number of hydrogen-bond acceptors (Lipinski definition) is 4. The predicted octanol–water partition coefficient (Wildman–Crippen LogP) is 2.64. The molecule has 2 N–H and O–H groups in total. The third-order valence-corrected chi connectivity index (χ3v) is 4.45. The maximum atomic E-state index is 6.11. The normalized spacial score (nSPS) is 23.6. The van der Waals surface area contributed by atoms with Crippen molar-refractivity contribution in [2.24, 2.45) is 11.7 Å². The van der Waals surface area contributed by atoms with Crippen molar-refractivity contribution in [2.75, 3.05) is 27.3 Å². The summed E-state index contributed by atoms with van der Waals surface area (Å²) in [5.74, 6) is 2.16. The second-order valence-electron chi connectivity index (χ2n) is 5.59. The number of halogens is 1. The zero-order valence-corrected chi connectivity index (χ0v) is 13.9. The second-order valence-corrected chi connectivity index (χ2v) is 6.45. The second kappa shape index (κ2) is 6.78. The first-order valence-electron chi connectivity index (χ1n) is 6.91. The van der Waals surface area contributed by atoms with E-state index in [0.29, 0.717) is 5.92 Å². The molecule has 1 saturated heterocycles. The largest absolute Gasteiger partial charge is 0.493 e. The van der Waals surface area contributed by atoms with E-state index in [1.807, 2.05) is 12.1 Å². The van der Waals surface area contributed by atoms with Gasteiger partial charge in [0.1, 0.15) is 0 Å². The zero-order chi connectivity index (χ0) is 14.7. The van der Waals surface area contributed by atoms with Crippen LogP contribution in [-0.2, 0) is 6.54 Å². The van der Waals surface area contributed by atoms with Crippen LogP contribution in [0.1, 0.15) is 18.9 Å². The van der Waals surface area contributed by atoms with E-state index in [9.17, 15) is 0 Å². The van der Waals surface area contributed by atoms with E-state index in [1.54, 1.807) is 14.2 Å². The van der Waals surface area contributed by atoms with Crippen molar-refractivity contribution < 1.29 is 9.47 Å². The third-order valence-electron chi connectivity index (χ3n) is 3.71. The maximum Gasteiger partial charge on any atom is 0.161 e. The van der Waals surface area contributed by atoms with Gasteiger partial charge in [0.2, 0.25) is 0 Å². The van der Waals surface area contributed by atoms with Crippen LogP contribution in [0.25, 0.3) is 0 Å². The van der Waals surface area contributed by atoms with Gasteiger partial charge >= 0.3 is 0 Å². The van der Waals surface area contributed by atoms with Crippen LogP contribution in [-0.4, -0.2) is 38.3 Å². The lowest BCUT2D eigenvalue weighted by Gasteiger charge is -2.35. The van der Waals surface area contributed by atoms with Gasteiger partial charge in [-0.2, -0.15) is 0 Å². The van der Waals surface area contributed by atoms with Crippen molar-refractivity contribution in [1.82, 2.24) is 4.90 Å². The van der Waals surface area contributed by atoms with Gasteiger partial charge in [-0.1, -0.05) is 22.9 Å². The maximum absolute atomic E-state index is 6.11. The van der Waals surface area contributed by atoms with Crippen LogP contribution >= 0.6 is 15.9 Å². The van der Waals surface area contributed by atoms with Crippen molar-refractivity contribution in [2.45, 2.75) is 25.9 Å². The van der Waals surface area contributed by atoms with Gasteiger partial charge in [0.15, 0.2) is 11.5 Å². The molecule has 112 valence electrons. The van der Waals surface area contributed by atoms with E-state index >= 15 is 0 Å². The molecule has 2 rings (SSSR count). The third kappa shape index (κ3) is 3.65. The lowest BCUT2D eigenvalue weighted by Crippen LogP contribution is -2.45. The molecule has 1 fully saturated rings. The molecule has 20 heavy (non-hydrogen) atoms. The molecular formula is C15H23BrN2O2. The topological polar surface area (TPSA) is 47.7 Å². The van der Waals surface area contributed by atoms with E-state index in [-0.39, 0.29) is 6.04 Å². The number of nitrogens with two attached hydrogens (primary N) is 1. The minimum absolute atomic E-state index is 0.276. The first kappa shape index (κ1) is 15.6. The van der Waals surface area contributed by atoms with Gasteiger partial charge in [-0.3, -0.25) is 4.90 Å². The summed E-state index contributed by atoms with van der Waals surface area (Å²) >= 11 is 3.61. The Balaban J connectivity index is 2.16. The SMILES string of the molecule is COc1cc(Br)c(CN2CC(C)CC(N)C2)cc1OC. The fraction of sp³-hybridized carbons (Fsp3) is 0.600. The van der Waals surface area contributed by atoms with E-state index in [0.717, 1.165) is 42.0 Å². The number of benzene rings is 1. The predicted molar refractivity (Wildman–Crippen MR) is 84.3 cm³/mol. The average Bonchev–Trinajstić information content (AvgIpc) is 2.39. The van der Waals surface area contributed by atoms with Gasteiger partial charge in [-0.05, 0) is 30.0 Å². The highest BCUT2D eigenvalue weighted by Crippen LogP contribution is 2.34.